The number of hydrogen-bond donors (Lipinski definition) is 2. The van der Waals surface area contributed by atoms with Crippen molar-refractivity contribution >= 4 is 11.8 Å². The Labute approximate surface area is 127 Å². The predicted molar refractivity (Wildman–Crippen MR) is 82.5 cm³/mol. The number of carbonyl (C=O) groups excluding carboxylic acids is 2. The molecule has 2 aliphatic rings. The Morgan fingerprint density at radius 3 is 2.57 bits per heavy atom. The van der Waals surface area contributed by atoms with Crippen molar-refractivity contribution < 1.29 is 9.59 Å². The molecule has 2 rings (SSSR count). The van der Waals surface area contributed by atoms with Gasteiger partial charge in [-0.15, -0.1) is 0 Å². The van der Waals surface area contributed by atoms with E-state index in [1.165, 1.54) is 12.8 Å². The standard InChI is InChI=1S/C16H29N3O2/c1-11(2)16(3,10-17)18-15(21)12-8-14(20)19(9-12)13-6-4-5-7-13/h11-13H,4-10,17H2,1-3H3,(H,18,21). The van der Waals surface area contributed by atoms with Gasteiger partial charge in [0.25, 0.3) is 0 Å². The molecule has 2 fully saturated rings. The number of nitrogens with zero attached hydrogens (tertiary/aromatic N) is 1. The fourth-order valence-electron chi connectivity index (χ4n) is 3.29. The number of carbonyl (C=O) groups is 2. The molecular formula is C16H29N3O2. The van der Waals surface area contributed by atoms with Crippen molar-refractivity contribution in [2.75, 3.05) is 13.1 Å². The van der Waals surface area contributed by atoms with E-state index in [-0.39, 0.29) is 23.7 Å². The molecular weight excluding hydrogens is 266 g/mol. The molecule has 1 aliphatic heterocycles. The van der Waals surface area contributed by atoms with Crippen LogP contribution in [0.25, 0.3) is 0 Å². The third-order valence-electron chi connectivity index (χ3n) is 5.40. The molecule has 2 atom stereocenters. The fraction of sp³-hybridized carbons (Fsp3) is 0.875. The third kappa shape index (κ3) is 3.39. The monoisotopic (exact) mass is 295 g/mol. The average Bonchev–Trinajstić information content (AvgIpc) is 3.07. The first-order chi connectivity index (χ1) is 9.87. The van der Waals surface area contributed by atoms with Crippen LogP contribution < -0.4 is 11.1 Å². The van der Waals surface area contributed by atoms with Crippen molar-refractivity contribution in [3.8, 4) is 0 Å². The lowest BCUT2D eigenvalue weighted by molar-refractivity contribution is -0.130. The van der Waals surface area contributed by atoms with Crippen LogP contribution in [0.2, 0.25) is 0 Å². The molecule has 5 heteroatoms. The molecule has 1 saturated carbocycles. The molecule has 0 radical (unpaired) electrons. The van der Waals surface area contributed by atoms with Crippen molar-refractivity contribution in [1.82, 2.24) is 10.2 Å². The largest absolute Gasteiger partial charge is 0.349 e. The summed E-state index contributed by atoms with van der Waals surface area (Å²) in [6.07, 6.45) is 4.92. The topological polar surface area (TPSA) is 75.4 Å². The maximum atomic E-state index is 12.5. The van der Waals surface area contributed by atoms with Crippen LogP contribution in [0.3, 0.4) is 0 Å². The zero-order valence-corrected chi connectivity index (χ0v) is 13.5. The summed E-state index contributed by atoms with van der Waals surface area (Å²) in [5.74, 6) is 0.156. The lowest BCUT2D eigenvalue weighted by Crippen LogP contribution is -2.56. The molecule has 3 N–H and O–H groups in total. The maximum absolute atomic E-state index is 12.5. The lowest BCUT2D eigenvalue weighted by atomic mass is 9.87. The van der Waals surface area contributed by atoms with Gasteiger partial charge in [0.15, 0.2) is 0 Å². The van der Waals surface area contributed by atoms with Gasteiger partial charge in [-0.2, -0.15) is 0 Å². The lowest BCUT2D eigenvalue weighted by Gasteiger charge is -2.34. The van der Waals surface area contributed by atoms with Crippen molar-refractivity contribution in [2.45, 2.75) is 64.5 Å². The first-order valence-corrected chi connectivity index (χ1v) is 8.19. The summed E-state index contributed by atoms with van der Waals surface area (Å²) in [6.45, 7) is 7.06. The van der Waals surface area contributed by atoms with Gasteiger partial charge in [-0.3, -0.25) is 9.59 Å². The van der Waals surface area contributed by atoms with Crippen LogP contribution >= 0.6 is 0 Å². The van der Waals surface area contributed by atoms with Crippen LogP contribution in [0.15, 0.2) is 0 Å². The maximum Gasteiger partial charge on any atom is 0.225 e. The highest BCUT2D eigenvalue weighted by Gasteiger charge is 2.40. The van der Waals surface area contributed by atoms with E-state index in [1.54, 1.807) is 0 Å². The number of rotatable bonds is 5. The van der Waals surface area contributed by atoms with Gasteiger partial charge in [-0.25, -0.2) is 0 Å². The molecule has 1 heterocycles. The van der Waals surface area contributed by atoms with Gasteiger partial charge in [0.05, 0.1) is 11.5 Å². The number of nitrogens with two attached hydrogens (primary N) is 1. The summed E-state index contributed by atoms with van der Waals surface area (Å²) in [4.78, 5) is 26.6. The molecule has 0 aromatic heterocycles. The van der Waals surface area contributed by atoms with Gasteiger partial charge in [-0.05, 0) is 25.7 Å². The molecule has 1 aliphatic carbocycles. The molecule has 0 bridgehead atoms. The Kier molecular flexibility index (Phi) is 4.91. The van der Waals surface area contributed by atoms with E-state index < -0.39 is 5.54 Å². The summed E-state index contributed by atoms with van der Waals surface area (Å²) in [7, 11) is 0. The normalized spacial score (nSPS) is 26.4. The van der Waals surface area contributed by atoms with E-state index in [2.05, 4.69) is 19.2 Å². The minimum absolute atomic E-state index is 0.0227. The van der Waals surface area contributed by atoms with Gasteiger partial charge in [-0.1, -0.05) is 26.7 Å². The van der Waals surface area contributed by atoms with Crippen LogP contribution in [0.4, 0.5) is 0 Å². The summed E-state index contributed by atoms with van der Waals surface area (Å²) in [6, 6.07) is 0.362. The Morgan fingerprint density at radius 2 is 2.05 bits per heavy atom. The van der Waals surface area contributed by atoms with Crippen LogP contribution in [0.5, 0.6) is 0 Å². The SMILES string of the molecule is CC(C)C(C)(CN)NC(=O)C1CC(=O)N(C2CCCC2)C1. The van der Waals surface area contributed by atoms with Crippen LogP contribution in [-0.4, -0.2) is 41.4 Å². The minimum atomic E-state index is -0.402. The average molecular weight is 295 g/mol. The highest BCUT2D eigenvalue weighted by molar-refractivity contribution is 5.89. The predicted octanol–water partition coefficient (Wildman–Crippen LogP) is 1.27. The molecule has 5 nitrogen and oxygen atoms in total. The number of likely N-dealkylation sites (tertiary alicyclic amines) is 1. The van der Waals surface area contributed by atoms with Gasteiger partial charge in [0, 0.05) is 25.6 Å². The molecule has 1 saturated heterocycles. The third-order valence-corrected chi connectivity index (χ3v) is 5.40. The van der Waals surface area contributed by atoms with Crippen LogP contribution in [0.1, 0.15) is 52.9 Å². The fourth-order valence-corrected chi connectivity index (χ4v) is 3.29. The molecule has 0 spiro atoms. The summed E-state index contributed by atoms with van der Waals surface area (Å²) in [5, 5.41) is 3.07. The molecule has 21 heavy (non-hydrogen) atoms. The highest BCUT2D eigenvalue weighted by atomic mass is 16.2. The molecule has 120 valence electrons. The number of nitrogens with one attached hydrogen (secondary N) is 1. The van der Waals surface area contributed by atoms with E-state index in [9.17, 15) is 9.59 Å². The van der Waals surface area contributed by atoms with E-state index >= 15 is 0 Å². The molecule has 2 unspecified atom stereocenters. The van der Waals surface area contributed by atoms with Crippen LogP contribution in [-0.2, 0) is 9.59 Å². The van der Waals surface area contributed by atoms with Gasteiger partial charge < -0.3 is 16.0 Å². The smallest absolute Gasteiger partial charge is 0.225 e. The second-order valence-corrected chi connectivity index (χ2v) is 7.15. The zero-order chi connectivity index (χ0) is 15.6. The van der Waals surface area contributed by atoms with Gasteiger partial charge in [0.1, 0.15) is 0 Å². The number of amides is 2. The van der Waals surface area contributed by atoms with E-state index in [0.717, 1.165) is 12.8 Å². The van der Waals surface area contributed by atoms with Crippen LogP contribution in [0, 0.1) is 11.8 Å². The van der Waals surface area contributed by atoms with E-state index in [4.69, 9.17) is 5.73 Å². The Bertz CT molecular complexity index is 404. The summed E-state index contributed by atoms with van der Waals surface area (Å²) in [5.41, 5.74) is 5.42. The highest BCUT2D eigenvalue weighted by Crippen LogP contribution is 2.30. The molecule has 0 aromatic rings. The summed E-state index contributed by atoms with van der Waals surface area (Å²) < 4.78 is 0. The van der Waals surface area contributed by atoms with Gasteiger partial charge >= 0.3 is 0 Å². The summed E-state index contributed by atoms with van der Waals surface area (Å²) >= 11 is 0. The van der Waals surface area contributed by atoms with Crippen molar-refractivity contribution in [1.29, 1.82) is 0 Å². The molecule has 0 aromatic carbocycles. The van der Waals surface area contributed by atoms with Gasteiger partial charge in [0.2, 0.25) is 11.8 Å². The minimum Gasteiger partial charge on any atom is -0.349 e. The van der Waals surface area contributed by atoms with E-state index in [1.807, 2.05) is 11.8 Å². The second-order valence-electron chi connectivity index (χ2n) is 7.15. The Morgan fingerprint density at radius 1 is 1.43 bits per heavy atom. The Balaban J connectivity index is 1.96. The van der Waals surface area contributed by atoms with Crippen molar-refractivity contribution in [2.24, 2.45) is 17.6 Å². The first kappa shape index (κ1) is 16.3. The first-order valence-electron chi connectivity index (χ1n) is 8.19. The Hall–Kier alpha value is -1.10. The van der Waals surface area contributed by atoms with Crippen molar-refractivity contribution in [3.63, 3.8) is 0 Å². The number of hydrogen-bond acceptors (Lipinski definition) is 3. The second kappa shape index (κ2) is 6.34. The van der Waals surface area contributed by atoms with Crippen molar-refractivity contribution in [3.05, 3.63) is 0 Å². The molecule has 2 amide bonds. The quantitative estimate of drug-likeness (QED) is 0.802. The van der Waals surface area contributed by atoms with E-state index in [0.29, 0.717) is 25.6 Å². The zero-order valence-electron chi connectivity index (χ0n) is 13.5.